The summed E-state index contributed by atoms with van der Waals surface area (Å²) < 4.78 is 16.0. The predicted molar refractivity (Wildman–Crippen MR) is 102 cm³/mol. The molecular weight excluding hydrogens is 360 g/mol. The summed E-state index contributed by atoms with van der Waals surface area (Å²) in [6.07, 6.45) is 1.58. The first-order chi connectivity index (χ1) is 13.7. The Labute approximate surface area is 162 Å². The molecule has 0 bridgehead atoms. The van der Waals surface area contributed by atoms with Gasteiger partial charge in [-0.2, -0.15) is 0 Å². The topological polar surface area (TPSA) is 90.7 Å². The number of nitrogens with zero attached hydrogens (tertiary/aromatic N) is 1. The summed E-state index contributed by atoms with van der Waals surface area (Å²) in [6, 6.07) is 16.1. The van der Waals surface area contributed by atoms with E-state index in [-0.39, 0.29) is 24.9 Å². The molecule has 0 radical (unpaired) electrons. The van der Waals surface area contributed by atoms with Gasteiger partial charge in [-0.15, -0.1) is 0 Å². The highest BCUT2D eigenvalue weighted by Gasteiger charge is 2.11. The quantitative estimate of drug-likeness (QED) is 0.604. The van der Waals surface area contributed by atoms with Crippen molar-refractivity contribution in [2.45, 2.75) is 13.5 Å². The second kappa shape index (κ2) is 9.36. The Hall–Kier alpha value is -3.61. The van der Waals surface area contributed by atoms with Crippen molar-refractivity contribution >= 4 is 11.9 Å². The molecular formula is C21H20N2O5. The van der Waals surface area contributed by atoms with Gasteiger partial charge in [-0.1, -0.05) is 30.3 Å². The molecule has 0 unspecified atom stereocenters. The van der Waals surface area contributed by atoms with E-state index in [9.17, 15) is 9.59 Å². The number of oxazole rings is 1. The zero-order valence-corrected chi connectivity index (χ0v) is 15.4. The van der Waals surface area contributed by atoms with E-state index >= 15 is 0 Å². The van der Waals surface area contributed by atoms with Crippen LogP contribution >= 0.6 is 0 Å². The van der Waals surface area contributed by atoms with E-state index in [2.05, 4.69) is 10.3 Å². The summed E-state index contributed by atoms with van der Waals surface area (Å²) in [5.41, 5.74) is 1.31. The standard InChI is InChI=1S/C21H20N2O5/c1-2-26-17-10-8-16(9-11-17)21(25)23-13-20(24)27-14-19-22-12-18(28-19)15-6-4-3-5-7-15/h3-12H,2,13-14H2,1H3,(H,23,25). The van der Waals surface area contributed by atoms with E-state index < -0.39 is 5.97 Å². The van der Waals surface area contributed by atoms with Crippen molar-refractivity contribution in [1.29, 1.82) is 0 Å². The lowest BCUT2D eigenvalue weighted by Crippen LogP contribution is -2.30. The molecule has 7 nitrogen and oxygen atoms in total. The molecule has 0 aliphatic heterocycles. The number of aromatic nitrogens is 1. The van der Waals surface area contributed by atoms with Crippen LogP contribution in [0.3, 0.4) is 0 Å². The van der Waals surface area contributed by atoms with Crippen LogP contribution in [0.2, 0.25) is 0 Å². The number of nitrogens with one attached hydrogen (secondary N) is 1. The van der Waals surface area contributed by atoms with Gasteiger partial charge in [0.1, 0.15) is 12.3 Å². The highest BCUT2D eigenvalue weighted by molar-refractivity contribution is 5.96. The van der Waals surface area contributed by atoms with Gasteiger partial charge < -0.3 is 19.2 Å². The minimum Gasteiger partial charge on any atom is -0.494 e. The Morgan fingerprint density at radius 3 is 2.54 bits per heavy atom. The first-order valence-corrected chi connectivity index (χ1v) is 8.82. The molecule has 7 heteroatoms. The fraction of sp³-hybridized carbons (Fsp3) is 0.190. The fourth-order valence-corrected chi connectivity index (χ4v) is 2.43. The van der Waals surface area contributed by atoms with Gasteiger partial charge in [-0.3, -0.25) is 9.59 Å². The minimum absolute atomic E-state index is 0.107. The summed E-state index contributed by atoms with van der Waals surface area (Å²) in [5, 5.41) is 2.51. The fourth-order valence-electron chi connectivity index (χ4n) is 2.43. The molecule has 3 aromatic rings. The van der Waals surface area contributed by atoms with Gasteiger partial charge in [0.25, 0.3) is 5.91 Å². The van der Waals surface area contributed by atoms with E-state index in [0.29, 0.717) is 23.7 Å². The molecule has 2 aromatic carbocycles. The van der Waals surface area contributed by atoms with Crippen LogP contribution in [0.4, 0.5) is 0 Å². The van der Waals surface area contributed by atoms with Crippen molar-refractivity contribution < 1.29 is 23.5 Å². The Morgan fingerprint density at radius 1 is 1.07 bits per heavy atom. The second-order valence-electron chi connectivity index (χ2n) is 5.79. The van der Waals surface area contributed by atoms with Crippen LogP contribution in [0.5, 0.6) is 5.75 Å². The molecule has 1 aromatic heterocycles. The maximum absolute atomic E-state index is 12.1. The normalized spacial score (nSPS) is 10.3. The number of amides is 1. The molecule has 0 atom stereocenters. The number of rotatable bonds is 8. The number of hydrogen-bond donors (Lipinski definition) is 1. The number of esters is 1. The van der Waals surface area contributed by atoms with Gasteiger partial charge in [0.15, 0.2) is 12.4 Å². The lowest BCUT2D eigenvalue weighted by atomic mass is 10.2. The Morgan fingerprint density at radius 2 is 1.82 bits per heavy atom. The van der Waals surface area contributed by atoms with Crippen LogP contribution < -0.4 is 10.1 Å². The average Bonchev–Trinajstić information content (AvgIpc) is 3.21. The number of ether oxygens (including phenoxy) is 2. The van der Waals surface area contributed by atoms with Crippen LogP contribution in [-0.2, 0) is 16.1 Å². The molecule has 1 amide bonds. The van der Waals surface area contributed by atoms with Gasteiger partial charge in [-0.05, 0) is 31.2 Å². The summed E-state index contributed by atoms with van der Waals surface area (Å²) in [6.45, 7) is 2.07. The molecule has 1 N–H and O–H groups in total. The summed E-state index contributed by atoms with van der Waals surface area (Å²) in [4.78, 5) is 28.0. The largest absolute Gasteiger partial charge is 0.494 e. The third kappa shape index (κ3) is 5.20. The molecule has 28 heavy (non-hydrogen) atoms. The Kier molecular flexibility index (Phi) is 6.41. The maximum atomic E-state index is 12.1. The molecule has 0 saturated carbocycles. The highest BCUT2D eigenvalue weighted by atomic mass is 16.5. The molecule has 0 aliphatic rings. The predicted octanol–water partition coefficient (Wildman–Crippen LogP) is 3.21. The van der Waals surface area contributed by atoms with E-state index in [4.69, 9.17) is 13.9 Å². The van der Waals surface area contributed by atoms with Gasteiger partial charge in [-0.25, -0.2) is 4.98 Å². The van der Waals surface area contributed by atoms with Crippen LogP contribution in [0, 0.1) is 0 Å². The van der Waals surface area contributed by atoms with Crippen molar-refractivity contribution in [1.82, 2.24) is 10.3 Å². The molecule has 3 rings (SSSR count). The average molecular weight is 380 g/mol. The lowest BCUT2D eigenvalue weighted by Gasteiger charge is -2.06. The van der Waals surface area contributed by atoms with Crippen molar-refractivity contribution in [2.75, 3.05) is 13.2 Å². The molecule has 1 heterocycles. The first-order valence-electron chi connectivity index (χ1n) is 8.82. The molecule has 144 valence electrons. The zero-order chi connectivity index (χ0) is 19.8. The highest BCUT2D eigenvalue weighted by Crippen LogP contribution is 2.20. The van der Waals surface area contributed by atoms with Gasteiger partial charge in [0, 0.05) is 11.1 Å². The van der Waals surface area contributed by atoms with Crippen molar-refractivity contribution in [3.63, 3.8) is 0 Å². The molecule has 0 saturated heterocycles. The number of carbonyl (C=O) groups is 2. The zero-order valence-electron chi connectivity index (χ0n) is 15.4. The Balaban J connectivity index is 1.44. The second-order valence-corrected chi connectivity index (χ2v) is 5.79. The summed E-state index contributed by atoms with van der Waals surface area (Å²) in [7, 11) is 0. The number of carbonyl (C=O) groups excluding carboxylic acids is 2. The Bertz CT molecular complexity index is 919. The van der Waals surface area contributed by atoms with Crippen molar-refractivity contribution in [2.24, 2.45) is 0 Å². The van der Waals surface area contributed by atoms with Gasteiger partial charge >= 0.3 is 5.97 Å². The first kappa shape index (κ1) is 19.2. The van der Waals surface area contributed by atoms with E-state index in [1.54, 1.807) is 30.5 Å². The lowest BCUT2D eigenvalue weighted by molar-refractivity contribution is -0.144. The molecule has 0 spiro atoms. The van der Waals surface area contributed by atoms with Gasteiger partial charge in [0.05, 0.1) is 12.8 Å². The molecule has 0 aliphatic carbocycles. The van der Waals surface area contributed by atoms with Crippen LogP contribution in [0.1, 0.15) is 23.2 Å². The van der Waals surface area contributed by atoms with E-state index in [1.807, 2.05) is 37.3 Å². The summed E-state index contributed by atoms with van der Waals surface area (Å²) in [5.74, 6) is 0.598. The van der Waals surface area contributed by atoms with Crippen LogP contribution in [-0.4, -0.2) is 30.0 Å². The minimum atomic E-state index is -0.584. The van der Waals surface area contributed by atoms with Crippen molar-refractivity contribution in [3.8, 4) is 17.1 Å². The van der Waals surface area contributed by atoms with Crippen molar-refractivity contribution in [3.05, 3.63) is 72.2 Å². The third-order valence-electron chi connectivity index (χ3n) is 3.79. The third-order valence-corrected chi connectivity index (χ3v) is 3.79. The van der Waals surface area contributed by atoms with Crippen LogP contribution in [0.15, 0.2) is 65.2 Å². The van der Waals surface area contributed by atoms with E-state index in [0.717, 1.165) is 5.56 Å². The number of hydrogen-bond acceptors (Lipinski definition) is 6. The van der Waals surface area contributed by atoms with Gasteiger partial charge in [0.2, 0.25) is 5.89 Å². The van der Waals surface area contributed by atoms with Crippen LogP contribution in [0.25, 0.3) is 11.3 Å². The van der Waals surface area contributed by atoms with E-state index in [1.165, 1.54) is 0 Å². The smallest absolute Gasteiger partial charge is 0.325 e. The summed E-state index contributed by atoms with van der Waals surface area (Å²) >= 11 is 0. The SMILES string of the molecule is CCOc1ccc(C(=O)NCC(=O)OCc2ncc(-c3ccccc3)o2)cc1. The number of benzene rings is 2. The molecule has 0 fully saturated rings. The maximum Gasteiger partial charge on any atom is 0.325 e. The monoisotopic (exact) mass is 380 g/mol.